The summed E-state index contributed by atoms with van der Waals surface area (Å²) in [6, 6.07) is 5.97. The summed E-state index contributed by atoms with van der Waals surface area (Å²) in [7, 11) is 1.68. The van der Waals surface area contributed by atoms with Gasteiger partial charge in [0.1, 0.15) is 11.4 Å². The Kier molecular flexibility index (Phi) is 3.04. The van der Waals surface area contributed by atoms with Gasteiger partial charge in [0.05, 0.1) is 20.3 Å². The van der Waals surface area contributed by atoms with Crippen molar-refractivity contribution in [2.24, 2.45) is 0 Å². The molecule has 1 saturated heterocycles. The van der Waals surface area contributed by atoms with Crippen LogP contribution in [0.1, 0.15) is 24.5 Å². The van der Waals surface area contributed by atoms with Gasteiger partial charge in [0.25, 0.3) is 0 Å². The number of hydrogen-bond donors (Lipinski definition) is 1. The van der Waals surface area contributed by atoms with E-state index in [4.69, 9.17) is 14.2 Å². The van der Waals surface area contributed by atoms with Crippen molar-refractivity contribution < 1.29 is 19.3 Å². The van der Waals surface area contributed by atoms with Crippen LogP contribution >= 0.6 is 0 Å². The predicted octanol–water partition coefficient (Wildman–Crippen LogP) is 1.68. The molecule has 0 bridgehead atoms. The maximum atomic E-state index is 10.9. The molecule has 3 rings (SSSR count). The number of benzene rings is 1. The van der Waals surface area contributed by atoms with Gasteiger partial charge in [-0.2, -0.15) is 0 Å². The summed E-state index contributed by atoms with van der Waals surface area (Å²) in [5, 5.41) is 10.9. The van der Waals surface area contributed by atoms with Gasteiger partial charge in [-0.05, 0) is 37.0 Å². The molecular weight excluding hydrogens is 244 g/mol. The Morgan fingerprint density at radius 1 is 1.26 bits per heavy atom. The number of hydrogen-bond acceptors (Lipinski definition) is 4. The van der Waals surface area contributed by atoms with E-state index >= 15 is 0 Å². The van der Waals surface area contributed by atoms with Crippen LogP contribution in [-0.2, 0) is 22.3 Å². The summed E-state index contributed by atoms with van der Waals surface area (Å²) in [6.45, 7) is 2.93. The highest BCUT2D eigenvalue weighted by atomic mass is 16.7. The van der Waals surface area contributed by atoms with E-state index in [1.165, 1.54) is 5.56 Å². The Bertz CT molecular complexity index is 479. The lowest BCUT2D eigenvalue weighted by Crippen LogP contribution is -2.56. The minimum atomic E-state index is -0.969. The number of ether oxygens (including phenoxy) is 3. The fourth-order valence-electron chi connectivity index (χ4n) is 3.16. The van der Waals surface area contributed by atoms with Crippen LogP contribution in [0.3, 0.4) is 0 Å². The first-order chi connectivity index (χ1) is 9.08. The molecule has 1 N–H and O–H groups in total. The largest absolute Gasteiger partial charge is 0.496 e. The Morgan fingerprint density at radius 3 is 2.68 bits per heavy atom. The lowest BCUT2D eigenvalue weighted by Gasteiger charge is -2.43. The maximum Gasteiger partial charge on any atom is 0.194 e. The van der Waals surface area contributed by atoms with Gasteiger partial charge >= 0.3 is 0 Å². The molecule has 19 heavy (non-hydrogen) atoms. The van der Waals surface area contributed by atoms with E-state index in [1.54, 1.807) is 7.11 Å². The summed E-state index contributed by atoms with van der Waals surface area (Å²) in [5.74, 6) is 0.00582. The molecule has 1 aromatic carbocycles. The van der Waals surface area contributed by atoms with Crippen molar-refractivity contribution in [1.29, 1.82) is 0 Å². The van der Waals surface area contributed by atoms with Crippen molar-refractivity contribution in [3.05, 3.63) is 29.3 Å². The first kappa shape index (κ1) is 12.9. The molecule has 0 amide bonds. The second kappa shape index (κ2) is 4.47. The molecule has 0 saturated carbocycles. The van der Waals surface area contributed by atoms with E-state index in [1.807, 2.05) is 25.1 Å². The fourth-order valence-corrected chi connectivity index (χ4v) is 3.16. The van der Waals surface area contributed by atoms with Crippen LogP contribution in [-0.4, -0.2) is 36.8 Å². The quantitative estimate of drug-likeness (QED) is 0.883. The molecule has 4 heteroatoms. The third-order valence-corrected chi connectivity index (χ3v) is 4.41. The van der Waals surface area contributed by atoms with Crippen molar-refractivity contribution in [2.75, 3.05) is 20.3 Å². The molecule has 1 atom stereocenters. The normalized spacial score (nSPS) is 29.0. The predicted molar refractivity (Wildman–Crippen MR) is 70.3 cm³/mol. The summed E-state index contributed by atoms with van der Waals surface area (Å²) >= 11 is 0. The Labute approximate surface area is 113 Å². The zero-order valence-electron chi connectivity index (χ0n) is 11.4. The average Bonchev–Trinajstić information content (AvgIpc) is 2.86. The molecule has 2 aliphatic rings. The molecule has 1 heterocycles. The van der Waals surface area contributed by atoms with Gasteiger partial charge in [-0.1, -0.05) is 12.1 Å². The van der Waals surface area contributed by atoms with E-state index in [0.717, 1.165) is 17.7 Å². The van der Waals surface area contributed by atoms with Gasteiger partial charge in [-0.15, -0.1) is 0 Å². The first-order valence-electron chi connectivity index (χ1n) is 6.73. The Hall–Kier alpha value is -1.10. The molecule has 1 aromatic rings. The standard InChI is InChI=1S/C15H20O4/c1-14(18-8-9-19-14)15(16)7-6-12-11(10-15)4-3-5-13(12)17-2/h3-5,16H,6-10H2,1-2H3. The van der Waals surface area contributed by atoms with Crippen molar-refractivity contribution >= 4 is 0 Å². The van der Waals surface area contributed by atoms with Crippen LogP contribution < -0.4 is 4.74 Å². The minimum Gasteiger partial charge on any atom is -0.496 e. The maximum absolute atomic E-state index is 10.9. The topological polar surface area (TPSA) is 47.9 Å². The zero-order chi connectivity index (χ0) is 13.5. The summed E-state index contributed by atoms with van der Waals surface area (Å²) in [6.07, 6.45) is 1.94. The number of aliphatic hydroxyl groups is 1. The van der Waals surface area contributed by atoms with Gasteiger partial charge in [-0.3, -0.25) is 0 Å². The molecular formula is C15H20O4. The Balaban J connectivity index is 1.93. The van der Waals surface area contributed by atoms with Crippen LogP contribution in [0.25, 0.3) is 0 Å². The van der Waals surface area contributed by atoms with Crippen molar-refractivity contribution in [2.45, 2.75) is 37.6 Å². The highest BCUT2D eigenvalue weighted by Gasteiger charge is 2.53. The number of methoxy groups -OCH3 is 1. The first-order valence-corrected chi connectivity index (χ1v) is 6.73. The molecule has 0 radical (unpaired) electrons. The van der Waals surface area contributed by atoms with Crippen LogP contribution in [0.4, 0.5) is 0 Å². The monoisotopic (exact) mass is 264 g/mol. The summed E-state index contributed by atoms with van der Waals surface area (Å²) in [4.78, 5) is 0. The fraction of sp³-hybridized carbons (Fsp3) is 0.600. The number of rotatable bonds is 2. The lowest BCUT2D eigenvalue weighted by atomic mass is 9.75. The highest BCUT2D eigenvalue weighted by molar-refractivity contribution is 5.43. The van der Waals surface area contributed by atoms with E-state index in [2.05, 4.69) is 0 Å². The highest BCUT2D eigenvalue weighted by Crippen LogP contribution is 2.42. The summed E-state index contributed by atoms with van der Waals surface area (Å²) in [5.41, 5.74) is 1.34. The third-order valence-electron chi connectivity index (χ3n) is 4.41. The van der Waals surface area contributed by atoms with E-state index < -0.39 is 11.4 Å². The van der Waals surface area contributed by atoms with Crippen LogP contribution in [0.15, 0.2) is 18.2 Å². The number of fused-ring (bicyclic) bond motifs is 1. The van der Waals surface area contributed by atoms with E-state index in [9.17, 15) is 5.11 Å². The van der Waals surface area contributed by atoms with Gasteiger partial charge in [0.2, 0.25) is 0 Å². The van der Waals surface area contributed by atoms with Crippen molar-refractivity contribution in [3.63, 3.8) is 0 Å². The second-order valence-corrected chi connectivity index (χ2v) is 5.45. The van der Waals surface area contributed by atoms with Crippen molar-refractivity contribution in [3.8, 4) is 5.75 Å². The second-order valence-electron chi connectivity index (χ2n) is 5.45. The molecule has 1 aliphatic heterocycles. The average molecular weight is 264 g/mol. The molecule has 1 aliphatic carbocycles. The minimum absolute atomic E-state index is 0.538. The summed E-state index contributed by atoms with van der Waals surface area (Å²) < 4.78 is 16.7. The van der Waals surface area contributed by atoms with Crippen LogP contribution in [0, 0.1) is 0 Å². The van der Waals surface area contributed by atoms with Crippen molar-refractivity contribution in [1.82, 2.24) is 0 Å². The zero-order valence-corrected chi connectivity index (χ0v) is 11.4. The molecule has 0 spiro atoms. The van der Waals surface area contributed by atoms with E-state index in [-0.39, 0.29) is 0 Å². The third kappa shape index (κ3) is 1.95. The van der Waals surface area contributed by atoms with Gasteiger partial charge in [0.15, 0.2) is 5.79 Å². The molecule has 0 aromatic heterocycles. The molecule has 104 valence electrons. The lowest BCUT2D eigenvalue weighted by molar-refractivity contribution is -0.262. The van der Waals surface area contributed by atoms with Gasteiger partial charge in [0, 0.05) is 6.42 Å². The Morgan fingerprint density at radius 2 is 2.00 bits per heavy atom. The van der Waals surface area contributed by atoms with Crippen LogP contribution in [0.2, 0.25) is 0 Å². The SMILES string of the molecule is COc1cccc2c1CCC(O)(C1(C)OCCO1)C2. The van der Waals surface area contributed by atoms with Gasteiger partial charge < -0.3 is 19.3 Å². The van der Waals surface area contributed by atoms with Gasteiger partial charge in [-0.25, -0.2) is 0 Å². The molecule has 4 nitrogen and oxygen atoms in total. The van der Waals surface area contributed by atoms with Crippen LogP contribution in [0.5, 0.6) is 5.75 Å². The smallest absolute Gasteiger partial charge is 0.194 e. The molecule has 1 fully saturated rings. The van der Waals surface area contributed by atoms with E-state index in [0.29, 0.717) is 26.1 Å². The molecule has 1 unspecified atom stereocenters.